The summed E-state index contributed by atoms with van der Waals surface area (Å²) < 4.78 is 5.85. The predicted octanol–water partition coefficient (Wildman–Crippen LogP) is 2.53. The molecule has 2 heteroatoms. The summed E-state index contributed by atoms with van der Waals surface area (Å²) in [6, 6.07) is 0.469. The summed E-state index contributed by atoms with van der Waals surface area (Å²) in [4.78, 5) is 4.55. The number of fused-ring (bicyclic) bond motifs is 1. The van der Waals surface area contributed by atoms with Gasteiger partial charge in [0.2, 0.25) is 0 Å². The zero-order valence-corrected chi connectivity index (χ0v) is 7.97. The molecule has 1 aliphatic heterocycles. The Balaban J connectivity index is 2.19. The first kappa shape index (κ1) is 8.09. The average Bonchev–Trinajstić information content (AvgIpc) is 2.41. The Morgan fingerprint density at radius 3 is 3.08 bits per heavy atom. The first-order valence-electron chi connectivity index (χ1n) is 5.00. The molecule has 1 aliphatic carbocycles. The highest BCUT2D eigenvalue weighted by Crippen LogP contribution is 2.40. The van der Waals surface area contributed by atoms with Gasteiger partial charge in [0.05, 0.1) is 6.04 Å². The van der Waals surface area contributed by atoms with Crippen molar-refractivity contribution in [2.45, 2.75) is 57.6 Å². The maximum atomic E-state index is 5.85. The molecule has 0 spiro atoms. The molecule has 68 valence electrons. The molecule has 1 heterocycles. The minimum absolute atomic E-state index is 0.0995. The largest absolute Gasteiger partial charge is 0.473 e. The molecule has 0 amide bonds. The second kappa shape index (κ2) is 2.75. The Kier molecular flexibility index (Phi) is 1.85. The Labute approximate surface area is 74.0 Å². The average molecular weight is 167 g/mol. The molecule has 0 aromatic heterocycles. The van der Waals surface area contributed by atoms with Crippen molar-refractivity contribution in [3.63, 3.8) is 0 Å². The molecule has 12 heavy (non-hydrogen) atoms. The lowest BCUT2D eigenvalue weighted by Gasteiger charge is -2.36. The monoisotopic (exact) mass is 167 g/mol. The van der Waals surface area contributed by atoms with Gasteiger partial charge in [-0.05, 0) is 25.7 Å². The van der Waals surface area contributed by atoms with Crippen LogP contribution in [0, 0.1) is 0 Å². The number of hydrogen-bond acceptors (Lipinski definition) is 2. The van der Waals surface area contributed by atoms with Crippen molar-refractivity contribution in [2.75, 3.05) is 0 Å². The van der Waals surface area contributed by atoms with Gasteiger partial charge in [0.25, 0.3) is 0 Å². The molecule has 2 atom stereocenters. The van der Waals surface area contributed by atoms with Crippen LogP contribution in [0.1, 0.15) is 46.0 Å². The minimum atomic E-state index is 0.0995. The van der Waals surface area contributed by atoms with Crippen LogP contribution in [0.5, 0.6) is 0 Å². The highest BCUT2D eigenvalue weighted by molar-refractivity contribution is 5.76. The van der Waals surface area contributed by atoms with Gasteiger partial charge in [-0.15, -0.1) is 0 Å². The van der Waals surface area contributed by atoms with Crippen molar-refractivity contribution in [2.24, 2.45) is 4.99 Å². The van der Waals surface area contributed by atoms with Gasteiger partial charge in [-0.2, -0.15) is 0 Å². The van der Waals surface area contributed by atoms with Crippen molar-refractivity contribution in [3.05, 3.63) is 0 Å². The van der Waals surface area contributed by atoms with E-state index in [-0.39, 0.29) is 5.60 Å². The Morgan fingerprint density at radius 2 is 2.42 bits per heavy atom. The summed E-state index contributed by atoms with van der Waals surface area (Å²) in [5.41, 5.74) is 0.0995. The van der Waals surface area contributed by atoms with Crippen molar-refractivity contribution in [1.82, 2.24) is 0 Å². The van der Waals surface area contributed by atoms with Crippen LogP contribution in [0.4, 0.5) is 0 Å². The number of hydrogen-bond donors (Lipinski definition) is 0. The summed E-state index contributed by atoms with van der Waals surface area (Å²) in [5.74, 6) is 0.906. The van der Waals surface area contributed by atoms with E-state index in [0.29, 0.717) is 6.04 Å². The Bertz CT molecular complexity index is 212. The van der Waals surface area contributed by atoms with Crippen LogP contribution in [-0.2, 0) is 4.74 Å². The van der Waals surface area contributed by atoms with Gasteiger partial charge < -0.3 is 4.74 Å². The molecule has 0 saturated heterocycles. The highest BCUT2D eigenvalue weighted by Gasteiger charge is 2.45. The topological polar surface area (TPSA) is 21.6 Å². The lowest BCUT2D eigenvalue weighted by Crippen LogP contribution is -2.42. The van der Waals surface area contributed by atoms with E-state index >= 15 is 0 Å². The number of nitrogens with zero attached hydrogens (tertiary/aromatic N) is 1. The maximum Gasteiger partial charge on any atom is 0.181 e. The maximum absolute atomic E-state index is 5.85. The fourth-order valence-electron chi connectivity index (χ4n) is 2.52. The molecule has 0 bridgehead atoms. The van der Waals surface area contributed by atoms with E-state index in [4.69, 9.17) is 4.74 Å². The van der Waals surface area contributed by atoms with E-state index < -0.39 is 0 Å². The zero-order valence-electron chi connectivity index (χ0n) is 7.97. The lowest BCUT2D eigenvalue weighted by molar-refractivity contribution is 0.0212. The van der Waals surface area contributed by atoms with Crippen LogP contribution < -0.4 is 0 Å². The van der Waals surface area contributed by atoms with E-state index in [2.05, 4.69) is 11.9 Å². The fourth-order valence-corrected chi connectivity index (χ4v) is 2.52. The van der Waals surface area contributed by atoms with Crippen LogP contribution in [-0.4, -0.2) is 17.5 Å². The predicted molar refractivity (Wildman–Crippen MR) is 49.5 cm³/mol. The molecule has 1 fully saturated rings. The van der Waals surface area contributed by atoms with Gasteiger partial charge >= 0.3 is 0 Å². The van der Waals surface area contributed by atoms with E-state index in [1.54, 1.807) is 0 Å². The third-order valence-corrected chi connectivity index (χ3v) is 3.22. The third-order valence-electron chi connectivity index (χ3n) is 3.22. The van der Waals surface area contributed by atoms with Gasteiger partial charge in [-0.3, -0.25) is 0 Å². The van der Waals surface area contributed by atoms with Crippen LogP contribution in [0.15, 0.2) is 4.99 Å². The minimum Gasteiger partial charge on any atom is -0.473 e. The molecule has 2 nitrogen and oxygen atoms in total. The summed E-state index contributed by atoms with van der Waals surface area (Å²) in [6.45, 7) is 4.20. The van der Waals surface area contributed by atoms with Gasteiger partial charge in [-0.1, -0.05) is 13.3 Å². The second-order valence-corrected chi connectivity index (χ2v) is 3.93. The number of rotatable bonds is 1. The summed E-state index contributed by atoms with van der Waals surface area (Å²) >= 11 is 0. The van der Waals surface area contributed by atoms with Gasteiger partial charge in [-0.25, -0.2) is 4.99 Å². The number of aliphatic imine (C=N–C) groups is 1. The fraction of sp³-hybridized carbons (Fsp3) is 0.900. The summed E-state index contributed by atoms with van der Waals surface area (Å²) in [6.07, 6.45) is 6.18. The van der Waals surface area contributed by atoms with Gasteiger partial charge in [0.1, 0.15) is 5.60 Å². The zero-order chi connectivity index (χ0) is 8.60. The second-order valence-electron chi connectivity index (χ2n) is 3.93. The molecule has 2 unspecified atom stereocenters. The van der Waals surface area contributed by atoms with E-state index in [1.807, 2.05) is 6.92 Å². The standard InChI is InChI=1S/C10H17NO/c1-3-10-7-5-4-6-9(10)11-8(2)12-10/h9H,3-7H2,1-2H3. The molecular weight excluding hydrogens is 150 g/mol. The molecule has 0 N–H and O–H groups in total. The normalized spacial score (nSPS) is 40.2. The van der Waals surface area contributed by atoms with E-state index in [1.165, 1.54) is 25.7 Å². The van der Waals surface area contributed by atoms with Crippen molar-refractivity contribution >= 4 is 5.90 Å². The van der Waals surface area contributed by atoms with Gasteiger partial charge in [0, 0.05) is 6.92 Å². The molecule has 1 saturated carbocycles. The van der Waals surface area contributed by atoms with Crippen LogP contribution in [0.3, 0.4) is 0 Å². The molecular formula is C10H17NO. The SMILES string of the molecule is CCC12CCCCC1N=C(C)O2. The molecule has 2 aliphatic rings. The van der Waals surface area contributed by atoms with Crippen molar-refractivity contribution < 1.29 is 4.74 Å². The Morgan fingerprint density at radius 1 is 1.58 bits per heavy atom. The molecule has 0 aromatic rings. The highest BCUT2D eigenvalue weighted by atomic mass is 16.5. The van der Waals surface area contributed by atoms with Crippen LogP contribution >= 0.6 is 0 Å². The lowest BCUT2D eigenvalue weighted by atomic mass is 9.79. The molecule has 2 rings (SSSR count). The van der Waals surface area contributed by atoms with E-state index in [9.17, 15) is 0 Å². The van der Waals surface area contributed by atoms with Crippen molar-refractivity contribution in [1.29, 1.82) is 0 Å². The smallest absolute Gasteiger partial charge is 0.181 e. The van der Waals surface area contributed by atoms with E-state index in [0.717, 1.165) is 12.3 Å². The first-order valence-corrected chi connectivity index (χ1v) is 5.00. The summed E-state index contributed by atoms with van der Waals surface area (Å²) in [5, 5.41) is 0. The first-order chi connectivity index (χ1) is 5.77. The molecule has 0 radical (unpaired) electrons. The van der Waals surface area contributed by atoms with Crippen LogP contribution in [0.2, 0.25) is 0 Å². The number of ether oxygens (including phenoxy) is 1. The van der Waals surface area contributed by atoms with Gasteiger partial charge in [0.15, 0.2) is 5.90 Å². The summed E-state index contributed by atoms with van der Waals surface area (Å²) in [7, 11) is 0. The third kappa shape index (κ3) is 1.05. The Hall–Kier alpha value is -0.530. The van der Waals surface area contributed by atoms with Crippen molar-refractivity contribution in [3.8, 4) is 0 Å². The molecule has 0 aromatic carbocycles. The van der Waals surface area contributed by atoms with Crippen LogP contribution in [0.25, 0.3) is 0 Å². The quantitative estimate of drug-likeness (QED) is 0.588.